The molecule has 1 amide bonds. The van der Waals surface area contributed by atoms with Crippen LogP contribution < -0.4 is 19.6 Å². The van der Waals surface area contributed by atoms with E-state index in [0.717, 1.165) is 0 Å². The van der Waals surface area contributed by atoms with Gasteiger partial charge in [0.05, 0.1) is 26.2 Å². The number of carbonyl (C=O) groups excluding carboxylic acids is 1. The van der Waals surface area contributed by atoms with Crippen LogP contribution in [0.2, 0.25) is 0 Å². The average molecular weight is 461 g/mol. The standard InChI is InChI=1S/C23H27NO9/c1-28-13-15-11-17(25)21(27)22(33-15)16(12-20(26)24-3-5-30-6-4-24)14-9-18(29-2)23-19(10-14)31-7-8-32-23/h9-11,16,27H,3-8,12-13H2,1-2H3. The summed E-state index contributed by atoms with van der Waals surface area (Å²) in [4.78, 5) is 27.3. The predicted octanol–water partition coefficient (Wildman–Crippen LogP) is 1.65. The fraction of sp³-hybridized carbons (Fsp3) is 0.478. The number of carbonyl (C=O) groups is 1. The molecular weight excluding hydrogens is 434 g/mol. The first-order chi connectivity index (χ1) is 16.0. The van der Waals surface area contributed by atoms with Crippen molar-refractivity contribution in [3.63, 3.8) is 0 Å². The lowest BCUT2D eigenvalue weighted by molar-refractivity contribution is -0.135. The average Bonchev–Trinajstić information content (AvgIpc) is 2.84. The van der Waals surface area contributed by atoms with Gasteiger partial charge in [-0.25, -0.2) is 0 Å². The van der Waals surface area contributed by atoms with E-state index in [1.807, 2.05) is 0 Å². The summed E-state index contributed by atoms with van der Waals surface area (Å²) in [5.74, 6) is 0.0627. The van der Waals surface area contributed by atoms with Gasteiger partial charge >= 0.3 is 0 Å². The number of methoxy groups -OCH3 is 2. The Labute approximate surface area is 190 Å². The molecule has 1 aromatic heterocycles. The lowest BCUT2D eigenvalue weighted by Crippen LogP contribution is -2.41. The summed E-state index contributed by atoms with van der Waals surface area (Å²) in [7, 11) is 2.97. The Kier molecular flexibility index (Phi) is 7.05. The highest BCUT2D eigenvalue weighted by atomic mass is 16.6. The number of hydrogen-bond acceptors (Lipinski definition) is 9. The third-order valence-corrected chi connectivity index (χ3v) is 5.60. The van der Waals surface area contributed by atoms with Crippen LogP contribution in [0.25, 0.3) is 0 Å². The van der Waals surface area contributed by atoms with Gasteiger partial charge in [0, 0.05) is 32.7 Å². The van der Waals surface area contributed by atoms with E-state index in [-0.39, 0.29) is 30.5 Å². The minimum Gasteiger partial charge on any atom is -0.502 e. The number of nitrogens with zero attached hydrogens (tertiary/aromatic N) is 1. The first-order valence-electron chi connectivity index (χ1n) is 10.7. The van der Waals surface area contributed by atoms with Gasteiger partial charge in [0.25, 0.3) is 0 Å². The molecule has 2 aromatic rings. The molecule has 1 fully saturated rings. The highest BCUT2D eigenvalue weighted by Crippen LogP contribution is 2.44. The van der Waals surface area contributed by atoms with Crippen LogP contribution in [0.1, 0.15) is 29.4 Å². The van der Waals surface area contributed by atoms with Crippen molar-refractivity contribution >= 4 is 5.91 Å². The molecule has 3 heterocycles. The van der Waals surface area contributed by atoms with Gasteiger partial charge in [-0.3, -0.25) is 9.59 Å². The molecule has 10 nitrogen and oxygen atoms in total. The molecule has 1 aromatic carbocycles. The number of rotatable bonds is 7. The van der Waals surface area contributed by atoms with Crippen molar-refractivity contribution in [3.8, 4) is 23.0 Å². The Morgan fingerprint density at radius 2 is 1.88 bits per heavy atom. The van der Waals surface area contributed by atoms with Crippen molar-refractivity contribution in [2.75, 3.05) is 53.7 Å². The summed E-state index contributed by atoms with van der Waals surface area (Å²) < 4.78 is 33.2. The van der Waals surface area contributed by atoms with E-state index >= 15 is 0 Å². The number of fused-ring (bicyclic) bond motifs is 1. The second-order valence-electron chi connectivity index (χ2n) is 7.72. The molecule has 0 aliphatic carbocycles. The maximum absolute atomic E-state index is 13.2. The van der Waals surface area contributed by atoms with Gasteiger partial charge in [-0.1, -0.05) is 0 Å². The van der Waals surface area contributed by atoms with Crippen LogP contribution in [0, 0.1) is 0 Å². The first kappa shape index (κ1) is 22.9. The smallest absolute Gasteiger partial charge is 0.227 e. The molecule has 10 heteroatoms. The molecule has 2 aliphatic heterocycles. The molecule has 1 N–H and O–H groups in total. The van der Waals surface area contributed by atoms with Crippen LogP contribution in [-0.4, -0.2) is 69.7 Å². The molecule has 178 valence electrons. The molecule has 4 rings (SSSR count). The fourth-order valence-corrected chi connectivity index (χ4v) is 3.98. The summed E-state index contributed by atoms with van der Waals surface area (Å²) >= 11 is 0. The number of ether oxygens (including phenoxy) is 5. The lowest BCUT2D eigenvalue weighted by atomic mass is 9.90. The van der Waals surface area contributed by atoms with Crippen molar-refractivity contribution in [3.05, 3.63) is 45.5 Å². The van der Waals surface area contributed by atoms with E-state index in [4.69, 9.17) is 28.1 Å². The molecule has 1 atom stereocenters. The molecule has 0 saturated carbocycles. The summed E-state index contributed by atoms with van der Waals surface area (Å²) in [6.45, 7) is 2.63. The van der Waals surface area contributed by atoms with Gasteiger partial charge in [0.15, 0.2) is 17.3 Å². The van der Waals surface area contributed by atoms with Crippen LogP contribution in [0.5, 0.6) is 23.0 Å². The van der Waals surface area contributed by atoms with E-state index in [0.29, 0.717) is 62.3 Å². The Morgan fingerprint density at radius 3 is 2.61 bits per heavy atom. The highest BCUT2D eigenvalue weighted by molar-refractivity contribution is 5.78. The first-order valence-corrected chi connectivity index (χ1v) is 10.7. The van der Waals surface area contributed by atoms with Crippen molar-refractivity contribution < 1.29 is 38.0 Å². The molecule has 0 bridgehead atoms. The van der Waals surface area contributed by atoms with Crippen LogP contribution in [0.4, 0.5) is 0 Å². The number of morpholine rings is 1. The Bertz CT molecular complexity index is 1040. The minimum absolute atomic E-state index is 0.0186. The zero-order valence-electron chi connectivity index (χ0n) is 18.6. The third kappa shape index (κ3) is 4.91. The lowest BCUT2D eigenvalue weighted by Gasteiger charge is -2.29. The molecule has 1 saturated heterocycles. The summed E-state index contributed by atoms with van der Waals surface area (Å²) in [6, 6.07) is 4.59. The molecular formula is C23H27NO9. The van der Waals surface area contributed by atoms with Crippen molar-refractivity contribution in [2.24, 2.45) is 0 Å². The maximum Gasteiger partial charge on any atom is 0.227 e. The third-order valence-electron chi connectivity index (χ3n) is 5.60. The van der Waals surface area contributed by atoms with Gasteiger partial charge in [-0.05, 0) is 17.7 Å². The van der Waals surface area contributed by atoms with Crippen molar-refractivity contribution in [2.45, 2.75) is 18.9 Å². The van der Waals surface area contributed by atoms with E-state index in [1.54, 1.807) is 17.0 Å². The van der Waals surface area contributed by atoms with Crippen LogP contribution >= 0.6 is 0 Å². The monoisotopic (exact) mass is 461 g/mol. The zero-order chi connectivity index (χ0) is 23.4. The van der Waals surface area contributed by atoms with Crippen LogP contribution in [0.15, 0.2) is 27.4 Å². The summed E-state index contributed by atoms with van der Waals surface area (Å²) in [5, 5.41) is 10.6. The quantitative estimate of drug-likeness (QED) is 0.657. The van der Waals surface area contributed by atoms with Gasteiger partial charge < -0.3 is 38.1 Å². The van der Waals surface area contributed by atoms with Gasteiger partial charge in [0.2, 0.25) is 22.8 Å². The SMILES string of the molecule is COCc1cc(=O)c(O)c(C(CC(=O)N2CCOCC2)c2cc(OC)c3c(c2)OCCO3)o1. The van der Waals surface area contributed by atoms with Crippen molar-refractivity contribution in [1.29, 1.82) is 0 Å². The molecule has 0 radical (unpaired) electrons. The number of benzene rings is 1. The van der Waals surface area contributed by atoms with E-state index in [9.17, 15) is 14.7 Å². The number of amides is 1. The van der Waals surface area contributed by atoms with E-state index < -0.39 is 17.1 Å². The number of aromatic hydroxyl groups is 1. The zero-order valence-corrected chi connectivity index (χ0v) is 18.6. The van der Waals surface area contributed by atoms with Gasteiger partial charge in [0.1, 0.15) is 25.6 Å². The summed E-state index contributed by atoms with van der Waals surface area (Å²) in [6.07, 6.45) is -0.0459. The van der Waals surface area contributed by atoms with Crippen LogP contribution in [-0.2, 0) is 20.9 Å². The van der Waals surface area contributed by atoms with Crippen LogP contribution in [0.3, 0.4) is 0 Å². The predicted molar refractivity (Wildman–Crippen MR) is 115 cm³/mol. The fourth-order valence-electron chi connectivity index (χ4n) is 3.98. The topological polar surface area (TPSA) is 117 Å². The van der Waals surface area contributed by atoms with E-state index in [2.05, 4.69) is 0 Å². The maximum atomic E-state index is 13.2. The Balaban J connectivity index is 1.80. The molecule has 1 unspecified atom stereocenters. The minimum atomic E-state index is -0.783. The Morgan fingerprint density at radius 1 is 1.12 bits per heavy atom. The second kappa shape index (κ2) is 10.1. The second-order valence-corrected chi connectivity index (χ2v) is 7.72. The number of hydrogen-bond donors (Lipinski definition) is 1. The van der Waals surface area contributed by atoms with E-state index in [1.165, 1.54) is 20.3 Å². The molecule has 0 spiro atoms. The summed E-state index contributed by atoms with van der Waals surface area (Å²) in [5.41, 5.74) is -0.0395. The largest absolute Gasteiger partial charge is 0.502 e. The van der Waals surface area contributed by atoms with Gasteiger partial charge in [-0.15, -0.1) is 0 Å². The molecule has 33 heavy (non-hydrogen) atoms. The Hall–Kier alpha value is -3.24. The van der Waals surface area contributed by atoms with Crippen molar-refractivity contribution in [1.82, 2.24) is 4.90 Å². The van der Waals surface area contributed by atoms with Gasteiger partial charge in [-0.2, -0.15) is 0 Å². The normalized spacial score (nSPS) is 16.4. The molecule has 2 aliphatic rings. The highest BCUT2D eigenvalue weighted by Gasteiger charge is 2.31.